The van der Waals surface area contributed by atoms with Gasteiger partial charge >= 0.3 is 11.9 Å². The van der Waals surface area contributed by atoms with Gasteiger partial charge in [0.05, 0.1) is 6.61 Å². The molecule has 14 heavy (non-hydrogen) atoms. The molecule has 1 heterocycles. The lowest BCUT2D eigenvalue weighted by molar-refractivity contribution is -0.141. The maximum Gasteiger partial charge on any atom is 0.338 e. The van der Waals surface area contributed by atoms with Crippen molar-refractivity contribution >= 4 is 23.6 Å². The van der Waals surface area contributed by atoms with Crippen molar-refractivity contribution in [1.82, 2.24) is 0 Å². The first-order valence-corrected chi connectivity index (χ1v) is 3.99. The van der Waals surface area contributed by atoms with Crippen LogP contribution in [0, 0.1) is 6.42 Å². The standard InChI is InChI=1S/C8H8N2O4/c1-2-14-7(12)4-5-3-6(11)10-8(13)9-5/h3H,2,4H2,1H3. The number of hydrogen-bond donors (Lipinski definition) is 0. The molecule has 0 aliphatic carbocycles. The second-order valence-corrected chi connectivity index (χ2v) is 2.46. The lowest BCUT2D eigenvalue weighted by atomic mass is 10.1. The Bertz CT molecular complexity index is 308. The van der Waals surface area contributed by atoms with Crippen molar-refractivity contribution in [3.05, 3.63) is 11.7 Å². The molecule has 6 heteroatoms. The highest BCUT2D eigenvalue weighted by atomic mass is 16.5. The zero-order chi connectivity index (χ0) is 10.6. The zero-order valence-electron chi connectivity index (χ0n) is 7.52. The van der Waals surface area contributed by atoms with Crippen LogP contribution in [0.1, 0.15) is 13.3 Å². The molecule has 0 saturated carbocycles. The predicted molar refractivity (Wildman–Crippen MR) is 46.7 cm³/mol. The number of esters is 1. The van der Waals surface area contributed by atoms with E-state index in [1.807, 2.05) is 0 Å². The van der Waals surface area contributed by atoms with Gasteiger partial charge in [-0.15, -0.1) is 0 Å². The van der Waals surface area contributed by atoms with Crippen LogP contribution < -0.4 is 0 Å². The Hall–Kier alpha value is -1.85. The topological polar surface area (TPSA) is 86.9 Å². The van der Waals surface area contributed by atoms with Gasteiger partial charge in [0.25, 0.3) is 0 Å². The minimum absolute atomic E-state index is 0.0912. The first-order chi connectivity index (χ1) is 6.61. The van der Waals surface area contributed by atoms with Gasteiger partial charge in [-0.05, 0) is 6.92 Å². The van der Waals surface area contributed by atoms with Gasteiger partial charge < -0.3 is 15.0 Å². The van der Waals surface area contributed by atoms with Crippen LogP contribution in [0.3, 0.4) is 0 Å². The number of hydrogen-bond acceptors (Lipinski definition) is 4. The lowest BCUT2D eigenvalue weighted by Crippen LogP contribution is -2.21. The summed E-state index contributed by atoms with van der Waals surface area (Å²) >= 11 is 0. The van der Waals surface area contributed by atoms with Gasteiger partial charge in [-0.3, -0.25) is 9.59 Å². The Kier molecular flexibility index (Phi) is 3.22. The van der Waals surface area contributed by atoms with Gasteiger partial charge in [-0.2, -0.15) is 0 Å². The molecule has 3 amide bonds. The highest BCUT2D eigenvalue weighted by Crippen LogP contribution is 2.09. The van der Waals surface area contributed by atoms with E-state index < -0.39 is 17.9 Å². The van der Waals surface area contributed by atoms with E-state index in [0.717, 1.165) is 6.42 Å². The van der Waals surface area contributed by atoms with E-state index in [9.17, 15) is 14.4 Å². The molecular weight excluding hydrogens is 188 g/mol. The van der Waals surface area contributed by atoms with Crippen LogP contribution in [-0.4, -0.2) is 30.2 Å². The van der Waals surface area contributed by atoms with Gasteiger partial charge in [-0.25, -0.2) is 4.79 Å². The summed E-state index contributed by atoms with van der Waals surface area (Å²) in [6.07, 6.45) is 0.860. The molecule has 0 radical (unpaired) electrons. The maximum atomic E-state index is 10.9. The molecule has 6 nitrogen and oxygen atoms in total. The van der Waals surface area contributed by atoms with Crippen LogP contribution in [0.15, 0.2) is 4.99 Å². The van der Waals surface area contributed by atoms with E-state index >= 15 is 0 Å². The predicted octanol–water partition coefficient (Wildman–Crippen LogP) is 0.619. The fourth-order valence-electron chi connectivity index (χ4n) is 0.900. The van der Waals surface area contributed by atoms with Crippen LogP contribution in [0.2, 0.25) is 0 Å². The summed E-state index contributed by atoms with van der Waals surface area (Å²) in [5.41, 5.74) is 0.0912. The number of ether oxygens (including phenoxy) is 1. The van der Waals surface area contributed by atoms with Gasteiger partial charge in [0.1, 0.15) is 12.1 Å². The third-order valence-electron chi connectivity index (χ3n) is 1.37. The van der Waals surface area contributed by atoms with Crippen molar-refractivity contribution in [3.8, 4) is 0 Å². The Morgan fingerprint density at radius 1 is 1.57 bits per heavy atom. The van der Waals surface area contributed by atoms with Gasteiger partial charge in [0, 0.05) is 0 Å². The number of imide groups is 1. The van der Waals surface area contributed by atoms with E-state index in [0.29, 0.717) is 0 Å². The molecule has 0 bridgehead atoms. The van der Waals surface area contributed by atoms with E-state index in [-0.39, 0.29) is 18.7 Å². The van der Waals surface area contributed by atoms with Gasteiger partial charge in [0.15, 0.2) is 12.5 Å². The number of urea groups is 1. The molecule has 0 aromatic carbocycles. The van der Waals surface area contributed by atoms with Crippen LogP contribution in [0.5, 0.6) is 0 Å². The second kappa shape index (κ2) is 4.40. The molecule has 74 valence electrons. The van der Waals surface area contributed by atoms with Crippen molar-refractivity contribution in [2.75, 3.05) is 6.61 Å². The SMILES string of the molecule is CCOC(=O)CC1=NC(=O)[N-]C(=O)[CH+]1. The van der Waals surface area contributed by atoms with Crippen molar-refractivity contribution in [2.45, 2.75) is 13.3 Å². The minimum atomic E-state index is -0.878. The molecule has 1 aliphatic heterocycles. The quantitative estimate of drug-likeness (QED) is 0.489. The van der Waals surface area contributed by atoms with E-state index in [2.05, 4.69) is 15.0 Å². The Morgan fingerprint density at radius 3 is 2.86 bits per heavy atom. The third-order valence-corrected chi connectivity index (χ3v) is 1.37. The zero-order valence-corrected chi connectivity index (χ0v) is 7.52. The summed E-state index contributed by atoms with van der Waals surface area (Å²) in [5, 5.41) is 3.01. The van der Waals surface area contributed by atoms with E-state index in [1.54, 1.807) is 6.92 Å². The number of carbonyl (C=O) groups is 3. The average molecular weight is 196 g/mol. The van der Waals surface area contributed by atoms with E-state index in [4.69, 9.17) is 0 Å². The molecule has 0 aromatic heterocycles. The van der Waals surface area contributed by atoms with Crippen molar-refractivity contribution in [3.63, 3.8) is 0 Å². The number of amides is 3. The highest BCUT2D eigenvalue weighted by Gasteiger charge is 2.22. The number of carbonyl (C=O) groups excluding carboxylic acids is 3. The smallest absolute Gasteiger partial charge is 0.338 e. The Balaban J connectivity index is 2.56. The van der Waals surface area contributed by atoms with E-state index in [1.165, 1.54) is 0 Å². The monoisotopic (exact) mass is 196 g/mol. The normalized spacial score (nSPS) is 15.4. The fraction of sp³-hybridized carbons (Fsp3) is 0.375. The molecule has 0 unspecified atom stereocenters. The van der Waals surface area contributed by atoms with Crippen LogP contribution in [0.4, 0.5) is 4.79 Å². The second-order valence-electron chi connectivity index (χ2n) is 2.46. The van der Waals surface area contributed by atoms with Crippen LogP contribution in [-0.2, 0) is 14.3 Å². The summed E-state index contributed by atoms with van der Waals surface area (Å²) in [4.78, 5) is 35.8. The summed E-state index contributed by atoms with van der Waals surface area (Å²) in [5.74, 6) is -1.21. The molecular formula is C8H8N2O4. The molecule has 0 atom stereocenters. The summed E-state index contributed by atoms with van der Waals surface area (Å²) in [7, 11) is 0. The first-order valence-electron chi connectivity index (χ1n) is 3.99. The summed E-state index contributed by atoms with van der Waals surface area (Å²) in [6.45, 7) is 1.91. The fourth-order valence-corrected chi connectivity index (χ4v) is 0.900. The molecule has 0 fully saturated rings. The minimum Gasteiger partial charge on any atom is -0.466 e. The molecule has 1 rings (SSSR count). The largest absolute Gasteiger partial charge is 0.466 e. The number of rotatable bonds is 3. The Morgan fingerprint density at radius 2 is 2.29 bits per heavy atom. The van der Waals surface area contributed by atoms with Crippen molar-refractivity contribution in [2.24, 2.45) is 4.99 Å². The van der Waals surface area contributed by atoms with Gasteiger partial charge in [0.2, 0.25) is 0 Å². The molecule has 0 N–H and O–H groups in total. The highest BCUT2D eigenvalue weighted by molar-refractivity contribution is 6.32. The van der Waals surface area contributed by atoms with Crippen LogP contribution in [0.25, 0.3) is 5.32 Å². The molecule has 0 spiro atoms. The Labute approximate surface area is 80.3 Å². The lowest BCUT2D eigenvalue weighted by Gasteiger charge is -2.11. The summed E-state index contributed by atoms with van der Waals surface area (Å²) < 4.78 is 4.62. The maximum absolute atomic E-state index is 10.9. The number of aliphatic imine (C=N–C) groups is 1. The molecule has 0 saturated heterocycles. The molecule has 0 aromatic rings. The first kappa shape index (κ1) is 10.2. The van der Waals surface area contributed by atoms with Crippen molar-refractivity contribution in [1.29, 1.82) is 0 Å². The third kappa shape index (κ3) is 2.89. The van der Waals surface area contributed by atoms with Crippen molar-refractivity contribution < 1.29 is 19.1 Å². The van der Waals surface area contributed by atoms with Crippen LogP contribution >= 0.6 is 0 Å². The average Bonchev–Trinajstić information content (AvgIpc) is 2.01. The molecule has 1 aliphatic rings. The van der Waals surface area contributed by atoms with Gasteiger partial charge in [-0.1, -0.05) is 0 Å². The number of nitrogens with zero attached hydrogens (tertiary/aromatic N) is 2. The summed E-state index contributed by atoms with van der Waals surface area (Å²) in [6, 6.07) is -0.878.